The molecule has 0 aromatic carbocycles. The average Bonchev–Trinajstić information content (AvgIpc) is 1.76. The molecule has 0 radical (unpaired) electrons. The van der Waals surface area contributed by atoms with Crippen LogP contribution in [0.3, 0.4) is 0 Å². The zero-order valence-corrected chi connectivity index (χ0v) is 6.34. The first kappa shape index (κ1) is 7.38. The van der Waals surface area contributed by atoms with E-state index in [9.17, 15) is 4.79 Å². The third-order valence-corrected chi connectivity index (χ3v) is 2.14. The molecule has 2 amide bonds. The molecule has 10 heavy (non-hydrogen) atoms. The van der Waals surface area contributed by atoms with Crippen LogP contribution in [-0.2, 0) is 0 Å². The van der Waals surface area contributed by atoms with E-state index in [-0.39, 0.29) is 6.03 Å². The second-order valence-electron chi connectivity index (χ2n) is 2.71. The first-order valence-electron chi connectivity index (χ1n) is 3.81. The summed E-state index contributed by atoms with van der Waals surface area (Å²) in [7, 11) is 0. The molecular formula is C7H14N2O. The quantitative estimate of drug-likeness (QED) is 0.612. The van der Waals surface area contributed by atoms with E-state index in [0.717, 1.165) is 19.4 Å². The van der Waals surface area contributed by atoms with Crippen LogP contribution in [0.15, 0.2) is 0 Å². The Kier molecular flexibility index (Phi) is 2.14. The van der Waals surface area contributed by atoms with E-state index in [1.165, 1.54) is 6.42 Å². The number of rotatable bonds is 2. The van der Waals surface area contributed by atoms with Gasteiger partial charge in [0.25, 0.3) is 0 Å². The Morgan fingerprint density at radius 1 is 1.70 bits per heavy atom. The Labute approximate surface area is 61.2 Å². The molecule has 1 saturated carbocycles. The van der Waals surface area contributed by atoms with Crippen molar-refractivity contribution in [3.63, 3.8) is 0 Å². The minimum absolute atomic E-state index is 0.271. The number of amides is 2. The van der Waals surface area contributed by atoms with Crippen molar-refractivity contribution in [3.05, 3.63) is 0 Å². The lowest BCUT2D eigenvalue weighted by molar-refractivity contribution is 0.150. The summed E-state index contributed by atoms with van der Waals surface area (Å²) >= 11 is 0. The molecule has 1 aliphatic rings. The first-order valence-corrected chi connectivity index (χ1v) is 3.81. The summed E-state index contributed by atoms with van der Waals surface area (Å²) in [6.07, 6.45) is 3.52. The molecule has 58 valence electrons. The van der Waals surface area contributed by atoms with Gasteiger partial charge in [0.2, 0.25) is 0 Å². The van der Waals surface area contributed by atoms with Gasteiger partial charge in [-0.25, -0.2) is 4.79 Å². The molecule has 0 aromatic heterocycles. The second kappa shape index (κ2) is 2.90. The number of hydrogen-bond acceptors (Lipinski definition) is 1. The largest absolute Gasteiger partial charge is 0.351 e. The molecule has 3 heteroatoms. The Hall–Kier alpha value is -0.730. The normalized spacial score (nSPS) is 18.1. The van der Waals surface area contributed by atoms with E-state index < -0.39 is 0 Å². The molecular weight excluding hydrogens is 128 g/mol. The van der Waals surface area contributed by atoms with Gasteiger partial charge < -0.3 is 10.6 Å². The summed E-state index contributed by atoms with van der Waals surface area (Å²) in [6.45, 7) is 2.71. The monoisotopic (exact) mass is 142 g/mol. The van der Waals surface area contributed by atoms with Crippen molar-refractivity contribution in [2.45, 2.75) is 32.2 Å². The summed E-state index contributed by atoms with van der Waals surface area (Å²) in [5.41, 5.74) is 5.14. The fourth-order valence-corrected chi connectivity index (χ4v) is 1.29. The number of nitrogens with zero attached hydrogens (tertiary/aromatic N) is 1. The van der Waals surface area contributed by atoms with Crippen LogP contribution in [0.4, 0.5) is 4.79 Å². The molecule has 0 bridgehead atoms. The van der Waals surface area contributed by atoms with Gasteiger partial charge in [-0.3, -0.25) is 0 Å². The minimum Gasteiger partial charge on any atom is -0.351 e. The van der Waals surface area contributed by atoms with Gasteiger partial charge in [0, 0.05) is 12.6 Å². The van der Waals surface area contributed by atoms with E-state index in [1.54, 1.807) is 4.90 Å². The van der Waals surface area contributed by atoms with Crippen LogP contribution >= 0.6 is 0 Å². The Morgan fingerprint density at radius 3 is 2.40 bits per heavy atom. The van der Waals surface area contributed by atoms with E-state index in [0.29, 0.717) is 6.04 Å². The highest BCUT2D eigenvalue weighted by molar-refractivity contribution is 5.72. The van der Waals surface area contributed by atoms with Crippen LogP contribution in [0.5, 0.6) is 0 Å². The lowest BCUT2D eigenvalue weighted by Gasteiger charge is -2.35. The van der Waals surface area contributed by atoms with Crippen LogP contribution in [0.1, 0.15) is 26.2 Å². The number of hydrogen-bond donors (Lipinski definition) is 1. The van der Waals surface area contributed by atoms with Crippen LogP contribution in [0.25, 0.3) is 0 Å². The van der Waals surface area contributed by atoms with Crippen LogP contribution in [0.2, 0.25) is 0 Å². The summed E-state index contributed by atoms with van der Waals surface area (Å²) < 4.78 is 0. The molecule has 1 rings (SSSR count). The maximum absolute atomic E-state index is 10.7. The third-order valence-electron chi connectivity index (χ3n) is 2.14. The zero-order valence-electron chi connectivity index (χ0n) is 6.34. The van der Waals surface area contributed by atoms with E-state index >= 15 is 0 Å². The van der Waals surface area contributed by atoms with Gasteiger partial charge >= 0.3 is 6.03 Å². The first-order chi connectivity index (χ1) is 4.75. The highest BCUT2D eigenvalue weighted by Gasteiger charge is 2.25. The van der Waals surface area contributed by atoms with Crippen molar-refractivity contribution in [3.8, 4) is 0 Å². The lowest BCUT2D eigenvalue weighted by atomic mass is 9.92. The van der Waals surface area contributed by atoms with Crippen LogP contribution < -0.4 is 5.73 Å². The summed E-state index contributed by atoms with van der Waals surface area (Å²) in [4.78, 5) is 12.5. The van der Waals surface area contributed by atoms with Crippen LogP contribution in [0, 0.1) is 0 Å². The maximum Gasteiger partial charge on any atom is 0.315 e. The van der Waals surface area contributed by atoms with Crippen molar-refractivity contribution in [2.75, 3.05) is 6.54 Å². The molecule has 0 spiro atoms. The molecule has 1 fully saturated rings. The Bertz CT molecular complexity index is 132. The lowest BCUT2D eigenvalue weighted by Crippen LogP contribution is -2.46. The van der Waals surface area contributed by atoms with Crippen molar-refractivity contribution in [2.24, 2.45) is 5.73 Å². The highest BCUT2D eigenvalue weighted by Crippen LogP contribution is 2.23. The van der Waals surface area contributed by atoms with E-state index in [4.69, 9.17) is 5.73 Å². The van der Waals surface area contributed by atoms with Crippen molar-refractivity contribution >= 4 is 6.03 Å². The maximum atomic E-state index is 10.7. The van der Waals surface area contributed by atoms with Gasteiger partial charge in [-0.05, 0) is 26.2 Å². The minimum atomic E-state index is -0.271. The molecule has 0 atom stereocenters. The fraction of sp³-hybridized carbons (Fsp3) is 0.857. The van der Waals surface area contributed by atoms with Crippen molar-refractivity contribution in [1.82, 2.24) is 4.90 Å². The standard InChI is InChI=1S/C7H14N2O/c1-2-9(7(8)10)6-4-3-5-6/h6H,2-5H2,1H3,(H2,8,10). The van der Waals surface area contributed by atoms with E-state index in [1.807, 2.05) is 6.92 Å². The second-order valence-corrected chi connectivity index (χ2v) is 2.71. The van der Waals surface area contributed by atoms with Crippen molar-refractivity contribution in [1.29, 1.82) is 0 Å². The zero-order chi connectivity index (χ0) is 7.56. The number of urea groups is 1. The van der Waals surface area contributed by atoms with Gasteiger partial charge in [0.1, 0.15) is 0 Å². The van der Waals surface area contributed by atoms with Crippen molar-refractivity contribution < 1.29 is 4.79 Å². The number of carbonyl (C=O) groups is 1. The molecule has 1 aliphatic carbocycles. The molecule has 0 heterocycles. The summed E-state index contributed by atoms with van der Waals surface area (Å²) in [5.74, 6) is 0. The number of nitrogens with two attached hydrogens (primary N) is 1. The predicted molar refractivity (Wildman–Crippen MR) is 39.6 cm³/mol. The fourth-order valence-electron chi connectivity index (χ4n) is 1.29. The third kappa shape index (κ3) is 1.23. The van der Waals surface area contributed by atoms with Gasteiger partial charge in [0.15, 0.2) is 0 Å². The van der Waals surface area contributed by atoms with Gasteiger partial charge in [0.05, 0.1) is 0 Å². The average molecular weight is 142 g/mol. The molecule has 0 aliphatic heterocycles. The molecule has 0 unspecified atom stereocenters. The Morgan fingerprint density at radius 2 is 2.30 bits per heavy atom. The highest BCUT2D eigenvalue weighted by atomic mass is 16.2. The van der Waals surface area contributed by atoms with Gasteiger partial charge in [-0.15, -0.1) is 0 Å². The van der Waals surface area contributed by atoms with Crippen LogP contribution in [-0.4, -0.2) is 23.5 Å². The molecule has 0 saturated heterocycles. The molecule has 0 aromatic rings. The summed E-state index contributed by atoms with van der Waals surface area (Å²) in [6, 6.07) is 0.176. The van der Waals surface area contributed by atoms with E-state index in [2.05, 4.69) is 0 Å². The molecule has 2 N–H and O–H groups in total. The van der Waals surface area contributed by atoms with Gasteiger partial charge in [-0.1, -0.05) is 0 Å². The SMILES string of the molecule is CCN(C(N)=O)C1CCC1. The topological polar surface area (TPSA) is 46.3 Å². The summed E-state index contributed by atoms with van der Waals surface area (Å²) in [5, 5.41) is 0. The predicted octanol–water partition coefficient (Wildman–Crippen LogP) is 0.940. The smallest absolute Gasteiger partial charge is 0.315 e. The Balaban J connectivity index is 2.39. The van der Waals surface area contributed by atoms with Gasteiger partial charge in [-0.2, -0.15) is 0 Å². The molecule has 3 nitrogen and oxygen atoms in total. The number of carbonyl (C=O) groups excluding carboxylic acids is 1. The number of primary amides is 1.